The second-order valence-electron chi connectivity index (χ2n) is 7.86. The summed E-state index contributed by atoms with van der Waals surface area (Å²) in [4.78, 5) is 0. The zero-order valence-electron chi connectivity index (χ0n) is 13.2. The summed E-state index contributed by atoms with van der Waals surface area (Å²) in [7, 11) is 0. The van der Waals surface area contributed by atoms with E-state index in [2.05, 4.69) is 15.4 Å². The molecule has 0 saturated heterocycles. The molecule has 0 unspecified atom stereocenters. The summed E-state index contributed by atoms with van der Waals surface area (Å²) >= 11 is 4.04. The monoisotopic (exact) mass is 357 g/mol. The van der Waals surface area contributed by atoms with E-state index in [9.17, 15) is 0 Å². The molecule has 0 aliphatic heterocycles. The first-order valence-electron chi connectivity index (χ1n) is 9.52. The van der Waals surface area contributed by atoms with Gasteiger partial charge < -0.3 is 0 Å². The van der Waals surface area contributed by atoms with Gasteiger partial charge in [-0.15, -0.1) is 0 Å². The normalized spacial score (nSPS) is 28.6. The molecule has 0 aromatic rings. The van der Waals surface area contributed by atoms with Crippen LogP contribution in [0.4, 0.5) is 0 Å². The quantitative estimate of drug-likeness (QED) is 0.536. The maximum atomic E-state index is 4.04. The average Bonchev–Trinajstić information content (AvgIpc) is 2.56. The molecule has 20 heavy (non-hydrogen) atoms. The van der Waals surface area contributed by atoms with Crippen LogP contribution in [0.3, 0.4) is 0 Å². The summed E-state index contributed by atoms with van der Waals surface area (Å²) in [5.74, 6) is 0. The fraction of sp³-hybridized carbons (Fsp3) is 1.00. The van der Waals surface area contributed by atoms with Crippen molar-refractivity contribution in [3.05, 3.63) is 0 Å². The molecular weight excluding hydrogens is 323 g/mol. The average molecular weight is 357 g/mol. The summed E-state index contributed by atoms with van der Waals surface area (Å²) in [5.41, 5.74) is 3.47. The molecule has 0 spiro atoms. The summed E-state index contributed by atoms with van der Waals surface area (Å²) in [6.45, 7) is -1.17. The van der Waals surface area contributed by atoms with E-state index in [1.54, 1.807) is 77.0 Å². The van der Waals surface area contributed by atoms with E-state index in [1.165, 1.54) is 19.3 Å². The van der Waals surface area contributed by atoms with Gasteiger partial charge in [0.1, 0.15) is 0 Å². The molecule has 0 amide bonds. The molecule has 0 aromatic heterocycles. The van der Waals surface area contributed by atoms with Gasteiger partial charge in [0.25, 0.3) is 0 Å². The van der Waals surface area contributed by atoms with Crippen molar-refractivity contribution >= 4 is 22.1 Å². The van der Waals surface area contributed by atoms with Crippen LogP contribution in [0.15, 0.2) is 0 Å². The van der Waals surface area contributed by atoms with E-state index in [1.807, 2.05) is 0 Å². The molecule has 0 heterocycles. The van der Waals surface area contributed by atoms with Crippen molar-refractivity contribution in [3.63, 3.8) is 0 Å². The van der Waals surface area contributed by atoms with Crippen molar-refractivity contribution in [3.8, 4) is 0 Å². The van der Waals surface area contributed by atoms with Gasteiger partial charge in [0, 0.05) is 0 Å². The molecular formula is C18H33SeSi. The molecule has 1 radical (unpaired) electrons. The van der Waals surface area contributed by atoms with Gasteiger partial charge in [-0.2, -0.15) is 0 Å². The van der Waals surface area contributed by atoms with Crippen molar-refractivity contribution in [1.82, 2.24) is 0 Å². The fourth-order valence-corrected chi connectivity index (χ4v) is 16.0. The minimum atomic E-state index is -1.17. The van der Waals surface area contributed by atoms with Gasteiger partial charge in [0.05, 0.1) is 0 Å². The molecule has 3 aliphatic carbocycles. The second-order valence-corrected chi connectivity index (χ2v) is 16.5. The second kappa shape index (κ2) is 7.33. The number of hydrogen-bond acceptors (Lipinski definition) is 0. The molecule has 0 aromatic carbocycles. The van der Waals surface area contributed by atoms with Crippen molar-refractivity contribution in [2.75, 3.05) is 0 Å². The molecule has 0 N–H and O–H groups in total. The predicted molar refractivity (Wildman–Crippen MR) is 92.0 cm³/mol. The third-order valence-electron chi connectivity index (χ3n) is 6.73. The molecule has 0 atom stereocenters. The SMILES string of the molecule is [Se][Si](C1CCCCC1)(C1CCCCC1)C1CCCCC1. The molecule has 3 saturated carbocycles. The van der Waals surface area contributed by atoms with E-state index in [4.69, 9.17) is 0 Å². The Balaban J connectivity index is 1.79. The Morgan fingerprint density at radius 1 is 0.450 bits per heavy atom. The van der Waals surface area contributed by atoms with E-state index >= 15 is 0 Å². The zero-order chi connectivity index (χ0) is 13.8. The first-order chi connectivity index (χ1) is 9.82. The maximum absolute atomic E-state index is 4.04. The van der Waals surface area contributed by atoms with Gasteiger partial charge >= 0.3 is 135 Å². The molecule has 3 fully saturated rings. The van der Waals surface area contributed by atoms with Crippen LogP contribution in [0.1, 0.15) is 96.3 Å². The van der Waals surface area contributed by atoms with Crippen LogP contribution < -0.4 is 0 Å². The van der Waals surface area contributed by atoms with Crippen molar-refractivity contribution < 1.29 is 0 Å². The molecule has 3 aliphatic rings. The van der Waals surface area contributed by atoms with Gasteiger partial charge in [-0.25, -0.2) is 0 Å². The Bertz CT molecular complexity index is 240. The van der Waals surface area contributed by atoms with Crippen LogP contribution in [0.25, 0.3) is 0 Å². The fourth-order valence-electron chi connectivity index (χ4n) is 5.66. The van der Waals surface area contributed by atoms with Gasteiger partial charge in [-0.3, -0.25) is 0 Å². The van der Waals surface area contributed by atoms with Crippen LogP contribution in [0, 0.1) is 0 Å². The summed E-state index contributed by atoms with van der Waals surface area (Å²) in [5, 5.41) is 0. The van der Waals surface area contributed by atoms with Crippen LogP contribution in [-0.2, 0) is 0 Å². The van der Waals surface area contributed by atoms with Crippen molar-refractivity contribution in [2.45, 2.75) is 113 Å². The van der Waals surface area contributed by atoms with Gasteiger partial charge in [0.15, 0.2) is 0 Å². The summed E-state index contributed by atoms with van der Waals surface area (Å²) in [6.07, 6.45) is 23.4. The third kappa shape index (κ3) is 3.23. The van der Waals surface area contributed by atoms with Gasteiger partial charge in [0.2, 0.25) is 0 Å². The third-order valence-corrected chi connectivity index (χ3v) is 18.6. The van der Waals surface area contributed by atoms with Crippen LogP contribution >= 0.6 is 0 Å². The Morgan fingerprint density at radius 2 is 0.700 bits per heavy atom. The molecule has 0 nitrogen and oxygen atoms in total. The number of rotatable bonds is 3. The Kier molecular flexibility index (Phi) is 5.73. The van der Waals surface area contributed by atoms with Crippen LogP contribution in [0.2, 0.25) is 16.6 Å². The van der Waals surface area contributed by atoms with E-state index < -0.39 is 6.68 Å². The molecule has 115 valence electrons. The molecule has 3 rings (SSSR count). The Labute approximate surface area is 135 Å². The molecule has 0 bridgehead atoms. The van der Waals surface area contributed by atoms with E-state index in [0.29, 0.717) is 0 Å². The van der Waals surface area contributed by atoms with E-state index in [-0.39, 0.29) is 0 Å². The van der Waals surface area contributed by atoms with Gasteiger partial charge in [-0.05, 0) is 0 Å². The first-order valence-corrected chi connectivity index (χ1v) is 14.2. The summed E-state index contributed by atoms with van der Waals surface area (Å²) in [6, 6.07) is 0. The number of hydrogen-bond donors (Lipinski definition) is 0. The van der Waals surface area contributed by atoms with Gasteiger partial charge in [-0.1, -0.05) is 0 Å². The van der Waals surface area contributed by atoms with E-state index in [0.717, 1.165) is 16.6 Å². The standard InChI is InChI=1S/C18H33SeSi/c19-20(16-10-4-1-5-11-16,17-12-6-2-7-13-17)18-14-8-3-9-15-18/h16-18H,1-15H2. The predicted octanol–water partition coefficient (Wildman–Crippen LogP) is 6.10. The topological polar surface area (TPSA) is 0 Å². The van der Waals surface area contributed by atoms with Crippen LogP contribution in [0.5, 0.6) is 0 Å². The van der Waals surface area contributed by atoms with Crippen LogP contribution in [-0.4, -0.2) is 22.1 Å². The first kappa shape index (κ1) is 15.6. The summed E-state index contributed by atoms with van der Waals surface area (Å²) < 4.78 is 0. The minimum absolute atomic E-state index is 1.16. The molecule has 2 heteroatoms. The van der Waals surface area contributed by atoms with Crippen molar-refractivity contribution in [1.29, 1.82) is 0 Å². The Hall–Kier alpha value is 0.736. The zero-order valence-corrected chi connectivity index (χ0v) is 16.0. The Morgan fingerprint density at radius 3 is 0.950 bits per heavy atom. The van der Waals surface area contributed by atoms with Crippen molar-refractivity contribution in [2.24, 2.45) is 0 Å².